The van der Waals surface area contributed by atoms with Gasteiger partial charge in [-0.2, -0.15) is 0 Å². The van der Waals surface area contributed by atoms with Crippen LogP contribution in [0.5, 0.6) is 0 Å². The summed E-state index contributed by atoms with van der Waals surface area (Å²) >= 11 is 0. The van der Waals surface area contributed by atoms with E-state index in [0.29, 0.717) is 6.54 Å². The van der Waals surface area contributed by atoms with Gasteiger partial charge in [-0.3, -0.25) is 4.79 Å². The minimum Gasteiger partial charge on any atom is -0.380 e. The highest BCUT2D eigenvalue weighted by molar-refractivity contribution is 5.85. The number of rotatable bonds is 3. The Kier molecular flexibility index (Phi) is 3.95. The molecule has 3 aromatic rings. The van der Waals surface area contributed by atoms with Crippen LogP contribution in [0.4, 0.5) is 5.69 Å². The highest BCUT2D eigenvalue weighted by Crippen LogP contribution is 2.22. The molecule has 2 aromatic carbocycles. The lowest BCUT2D eigenvalue weighted by Crippen LogP contribution is -2.16. The lowest BCUT2D eigenvalue weighted by Gasteiger charge is -2.13. The van der Waals surface area contributed by atoms with Gasteiger partial charge in [0.15, 0.2) is 0 Å². The van der Waals surface area contributed by atoms with Crippen molar-refractivity contribution in [3.63, 3.8) is 0 Å². The highest BCUT2D eigenvalue weighted by Gasteiger charge is 2.08. The van der Waals surface area contributed by atoms with E-state index in [2.05, 4.69) is 49.3 Å². The molecule has 0 amide bonds. The maximum Gasteiger partial charge on any atom is 0.253 e. The van der Waals surface area contributed by atoms with Crippen LogP contribution in [0, 0.1) is 27.7 Å². The number of pyridine rings is 1. The van der Waals surface area contributed by atoms with Gasteiger partial charge in [-0.05, 0) is 56.0 Å². The third kappa shape index (κ3) is 2.87. The number of anilines is 1. The van der Waals surface area contributed by atoms with Gasteiger partial charge in [0.25, 0.3) is 5.56 Å². The van der Waals surface area contributed by atoms with Gasteiger partial charge in [-0.1, -0.05) is 30.3 Å². The summed E-state index contributed by atoms with van der Waals surface area (Å²) in [5.74, 6) is 0. The fourth-order valence-corrected chi connectivity index (χ4v) is 3.03. The highest BCUT2D eigenvalue weighted by atomic mass is 16.1. The molecule has 0 spiro atoms. The molecule has 2 N–H and O–H groups in total. The van der Waals surface area contributed by atoms with Gasteiger partial charge >= 0.3 is 0 Å². The number of hydrogen-bond donors (Lipinski definition) is 2. The first-order valence-corrected chi connectivity index (χ1v) is 7.89. The zero-order valence-corrected chi connectivity index (χ0v) is 14.1. The first kappa shape index (κ1) is 15.3. The first-order chi connectivity index (χ1) is 11.0. The number of aromatic amines is 1. The van der Waals surface area contributed by atoms with Crippen LogP contribution < -0.4 is 10.9 Å². The smallest absolute Gasteiger partial charge is 0.253 e. The standard InChI is InChI=1S/C20H22N2O/c1-12-8-9-15(4)19-17(12)10-16(20(23)22-19)11-21-18-13(2)6-5-7-14(18)3/h5-10,21H,11H2,1-4H3,(H,22,23). The third-order valence-electron chi connectivity index (χ3n) is 4.46. The van der Waals surface area contributed by atoms with Crippen molar-refractivity contribution in [3.05, 3.63) is 74.6 Å². The van der Waals surface area contributed by atoms with Gasteiger partial charge in [-0.25, -0.2) is 0 Å². The van der Waals surface area contributed by atoms with Crippen LogP contribution in [0.3, 0.4) is 0 Å². The summed E-state index contributed by atoms with van der Waals surface area (Å²) in [6.45, 7) is 8.76. The van der Waals surface area contributed by atoms with Gasteiger partial charge in [0.2, 0.25) is 0 Å². The summed E-state index contributed by atoms with van der Waals surface area (Å²) in [4.78, 5) is 15.4. The van der Waals surface area contributed by atoms with Gasteiger partial charge < -0.3 is 10.3 Å². The molecular formula is C20H22N2O. The molecule has 0 fully saturated rings. The molecule has 1 aromatic heterocycles. The summed E-state index contributed by atoms with van der Waals surface area (Å²) in [6, 6.07) is 12.4. The van der Waals surface area contributed by atoms with Gasteiger partial charge in [0.1, 0.15) is 0 Å². The van der Waals surface area contributed by atoms with E-state index < -0.39 is 0 Å². The minimum atomic E-state index is -0.0232. The van der Waals surface area contributed by atoms with Crippen LogP contribution >= 0.6 is 0 Å². The fourth-order valence-electron chi connectivity index (χ4n) is 3.03. The molecule has 3 rings (SSSR count). The first-order valence-electron chi connectivity index (χ1n) is 7.89. The Balaban J connectivity index is 1.99. The van der Waals surface area contributed by atoms with E-state index in [1.807, 2.05) is 25.1 Å². The number of aromatic nitrogens is 1. The summed E-state index contributed by atoms with van der Waals surface area (Å²) in [7, 11) is 0. The molecule has 3 nitrogen and oxygen atoms in total. The Morgan fingerprint density at radius 3 is 2.26 bits per heavy atom. The van der Waals surface area contributed by atoms with Gasteiger partial charge in [0.05, 0.1) is 5.52 Å². The van der Waals surface area contributed by atoms with Crippen LogP contribution in [0.15, 0.2) is 41.2 Å². The second-order valence-electron chi connectivity index (χ2n) is 6.23. The Morgan fingerprint density at radius 1 is 0.913 bits per heavy atom. The number of para-hydroxylation sites is 1. The second kappa shape index (κ2) is 5.92. The lowest BCUT2D eigenvalue weighted by atomic mass is 10.0. The Hall–Kier alpha value is -2.55. The van der Waals surface area contributed by atoms with Crippen molar-refractivity contribution in [2.24, 2.45) is 0 Å². The molecule has 23 heavy (non-hydrogen) atoms. The average Bonchev–Trinajstić information content (AvgIpc) is 2.51. The van der Waals surface area contributed by atoms with Gasteiger partial charge in [-0.15, -0.1) is 0 Å². The molecule has 0 aliphatic carbocycles. The summed E-state index contributed by atoms with van der Waals surface area (Å²) in [6.07, 6.45) is 0. The molecule has 0 saturated heterocycles. The number of H-pyrrole nitrogens is 1. The minimum absolute atomic E-state index is 0.0232. The zero-order chi connectivity index (χ0) is 16.6. The normalized spacial score (nSPS) is 11.0. The summed E-state index contributed by atoms with van der Waals surface area (Å²) in [5, 5.41) is 4.53. The molecule has 3 heteroatoms. The van der Waals surface area contributed by atoms with Crippen LogP contribution in [0.25, 0.3) is 10.9 Å². The molecule has 118 valence electrons. The largest absolute Gasteiger partial charge is 0.380 e. The molecule has 0 saturated carbocycles. The van der Waals surface area contributed by atoms with Crippen LogP contribution in [-0.4, -0.2) is 4.98 Å². The van der Waals surface area contributed by atoms with Crippen molar-refractivity contribution in [1.82, 2.24) is 4.98 Å². The number of benzene rings is 2. The van der Waals surface area contributed by atoms with Crippen molar-refractivity contribution in [2.75, 3.05) is 5.32 Å². The number of fused-ring (bicyclic) bond motifs is 1. The van der Waals surface area contributed by atoms with Crippen LogP contribution in [0.2, 0.25) is 0 Å². The van der Waals surface area contributed by atoms with E-state index in [-0.39, 0.29) is 5.56 Å². The van der Waals surface area contributed by atoms with E-state index in [9.17, 15) is 4.79 Å². The predicted molar refractivity (Wildman–Crippen MR) is 97.3 cm³/mol. The monoisotopic (exact) mass is 306 g/mol. The Morgan fingerprint density at radius 2 is 1.57 bits per heavy atom. The SMILES string of the molecule is Cc1cccc(C)c1NCc1cc2c(C)ccc(C)c2[nH]c1=O. The van der Waals surface area contributed by atoms with Crippen molar-refractivity contribution >= 4 is 16.6 Å². The molecule has 0 radical (unpaired) electrons. The van der Waals surface area contributed by atoms with Crippen molar-refractivity contribution in [2.45, 2.75) is 34.2 Å². The molecule has 0 aliphatic heterocycles. The molecular weight excluding hydrogens is 284 g/mol. The van der Waals surface area contributed by atoms with Crippen LogP contribution in [0.1, 0.15) is 27.8 Å². The molecule has 0 unspecified atom stereocenters. The van der Waals surface area contributed by atoms with E-state index >= 15 is 0 Å². The summed E-state index contributed by atoms with van der Waals surface area (Å²) in [5.41, 5.74) is 7.42. The average molecular weight is 306 g/mol. The Bertz CT molecular complexity index is 918. The number of hydrogen-bond acceptors (Lipinski definition) is 2. The van der Waals surface area contributed by atoms with Crippen molar-refractivity contribution in [1.29, 1.82) is 0 Å². The topological polar surface area (TPSA) is 44.9 Å². The van der Waals surface area contributed by atoms with E-state index in [1.54, 1.807) is 0 Å². The van der Waals surface area contributed by atoms with Gasteiger partial charge in [0, 0.05) is 23.2 Å². The third-order valence-corrected chi connectivity index (χ3v) is 4.46. The lowest BCUT2D eigenvalue weighted by molar-refractivity contribution is 1.08. The van der Waals surface area contributed by atoms with Crippen molar-refractivity contribution < 1.29 is 0 Å². The van der Waals surface area contributed by atoms with E-state index in [1.165, 1.54) is 16.7 Å². The van der Waals surface area contributed by atoms with E-state index in [4.69, 9.17) is 0 Å². The predicted octanol–water partition coefficient (Wildman–Crippen LogP) is 4.37. The quantitative estimate of drug-likeness (QED) is 0.754. The molecule has 1 heterocycles. The maximum absolute atomic E-state index is 12.4. The second-order valence-corrected chi connectivity index (χ2v) is 6.23. The zero-order valence-electron chi connectivity index (χ0n) is 14.1. The molecule has 0 aliphatic rings. The fraction of sp³-hybridized carbons (Fsp3) is 0.250. The molecule has 0 bridgehead atoms. The van der Waals surface area contributed by atoms with E-state index in [0.717, 1.165) is 27.7 Å². The summed E-state index contributed by atoms with van der Waals surface area (Å²) < 4.78 is 0. The number of nitrogens with one attached hydrogen (secondary N) is 2. The Labute approximate surface area is 136 Å². The molecule has 0 atom stereocenters. The van der Waals surface area contributed by atoms with Crippen molar-refractivity contribution in [3.8, 4) is 0 Å². The maximum atomic E-state index is 12.4. The number of aryl methyl sites for hydroxylation is 4. The van der Waals surface area contributed by atoms with Crippen LogP contribution in [-0.2, 0) is 6.54 Å².